The number of hydrogen-bond donors (Lipinski definition) is 0. The normalized spacial score (nSPS) is 20.2. The van der Waals surface area contributed by atoms with Crippen LogP contribution < -0.4 is 9.64 Å². The molecule has 8 heteroatoms. The lowest BCUT2D eigenvalue weighted by molar-refractivity contribution is -0.131. The number of carbonyl (C=O) groups excluding carboxylic acids is 1. The summed E-state index contributed by atoms with van der Waals surface area (Å²) < 4.78 is 20.4. The zero-order valence-electron chi connectivity index (χ0n) is 20.9. The molecule has 1 amide bonds. The van der Waals surface area contributed by atoms with Crippen molar-refractivity contribution in [3.8, 4) is 5.75 Å². The van der Waals surface area contributed by atoms with Crippen molar-refractivity contribution in [2.24, 2.45) is 17.8 Å². The van der Waals surface area contributed by atoms with Gasteiger partial charge in [-0.3, -0.25) is 4.79 Å². The molecular weight excluding hydrogens is 467 g/mol. The number of aromatic nitrogens is 2. The highest BCUT2D eigenvalue weighted by molar-refractivity contribution is 6.30. The van der Waals surface area contributed by atoms with Crippen LogP contribution in [0.3, 0.4) is 0 Å². The highest BCUT2D eigenvalue weighted by Crippen LogP contribution is 2.49. The number of likely N-dealkylation sites (N-methyl/N-ethyl adjacent to an activating group) is 1. The Morgan fingerprint density at radius 2 is 1.97 bits per heavy atom. The van der Waals surface area contributed by atoms with Gasteiger partial charge in [0.2, 0.25) is 11.9 Å². The number of amides is 1. The van der Waals surface area contributed by atoms with Crippen LogP contribution in [0.5, 0.6) is 5.75 Å². The summed E-state index contributed by atoms with van der Waals surface area (Å²) in [5.74, 6) is 3.06. The van der Waals surface area contributed by atoms with Gasteiger partial charge < -0.3 is 14.5 Å². The van der Waals surface area contributed by atoms with Gasteiger partial charge in [-0.25, -0.2) is 14.4 Å². The van der Waals surface area contributed by atoms with Crippen LogP contribution in [0.25, 0.3) is 0 Å². The highest BCUT2D eigenvalue weighted by Gasteiger charge is 2.43. The maximum absolute atomic E-state index is 14.6. The molecule has 1 aliphatic carbocycles. The lowest BCUT2D eigenvalue weighted by Crippen LogP contribution is -2.37. The first-order chi connectivity index (χ1) is 16.9. The number of anilines is 1. The fourth-order valence-corrected chi connectivity index (χ4v) is 5.46. The molecule has 0 spiro atoms. The number of carbonyl (C=O) groups is 1. The third-order valence-electron chi connectivity index (χ3n) is 7.42. The van der Waals surface area contributed by atoms with Gasteiger partial charge in [-0.1, -0.05) is 17.7 Å². The number of nitrogens with zero attached hydrogens (tertiary/aromatic N) is 4. The molecule has 1 aromatic carbocycles. The third kappa shape index (κ3) is 6.63. The van der Waals surface area contributed by atoms with Gasteiger partial charge in [-0.05, 0) is 75.8 Å². The predicted octanol–water partition coefficient (Wildman–Crippen LogP) is 5.39. The molecule has 0 N–H and O–H groups in total. The highest BCUT2D eigenvalue weighted by atomic mass is 35.5. The van der Waals surface area contributed by atoms with E-state index in [9.17, 15) is 9.18 Å². The number of halogens is 2. The van der Waals surface area contributed by atoms with E-state index >= 15 is 0 Å². The summed E-state index contributed by atoms with van der Waals surface area (Å²) in [4.78, 5) is 25.1. The van der Waals surface area contributed by atoms with Crippen molar-refractivity contribution in [2.75, 3.05) is 31.1 Å². The molecule has 2 atom stereocenters. The van der Waals surface area contributed by atoms with Gasteiger partial charge in [0.25, 0.3) is 0 Å². The van der Waals surface area contributed by atoms with E-state index in [1.54, 1.807) is 29.4 Å². The Morgan fingerprint density at radius 3 is 2.60 bits per heavy atom. The fraction of sp³-hybridized carbons (Fsp3) is 0.593. The first-order valence-electron chi connectivity index (χ1n) is 12.8. The summed E-state index contributed by atoms with van der Waals surface area (Å²) in [5.41, 5.74) is 0.416. The van der Waals surface area contributed by atoms with Crippen LogP contribution >= 0.6 is 11.6 Å². The average Bonchev–Trinajstić information content (AvgIpc) is 3.61. The summed E-state index contributed by atoms with van der Waals surface area (Å²) >= 11 is 5.89. The predicted molar refractivity (Wildman–Crippen MR) is 136 cm³/mol. The molecule has 2 fully saturated rings. The molecule has 1 aliphatic heterocycles. The monoisotopic (exact) mass is 502 g/mol. The van der Waals surface area contributed by atoms with Gasteiger partial charge in [0.15, 0.2) is 0 Å². The van der Waals surface area contributed by atoms with E-state index in [1.165, 1.54) is 12.5 Å². The van der Waals surface area contributed by atoms with Gasteiger partial charge in [0.05, 0.1) is 30.4 Å². The summed E-state index contributed by atoms with van der Waals surface area (Å²) in [6, 6.07) is 4.97. The second kappa shape index (κ2) is 11.5. The first kappa shape index (κ1) is 25.7. The number of piperidine rings is 1. The Bertz CT molecular complexity index is 995. The molecule has 190 valence electrons. The summed E-state index contributed by atoms with van der Waals surface area (Å²) in [7, 11) is 0. The van der Waals surface area contributed by atoms with E-state index in [0.717, 1.165) is 50.1 Å². The van der Waals surface area contributed by atoms with Crippen molar-refractivity contribution in [1.82, 2.24) is 14.9 Å². The minimum atomic E-state index is -0.378. The van der Waals surface area contributed by atoms with Crippen LogP contribution in [-0.2, 0) is 11.2 Å². The smallest absolute Gasteiger partial charge is 0.227 e. The molecule has 2 heterocycles. The standard InChI is InChI=1S/C27H36ClFN4O2/c1-4-33(18(2)3)26(34)14-21-5-6-23(15-25(21)29)35-12-9-20-13-24(20)19-7-10-32(11-8-19)27-30-16-22(28)17-31-27/h5-6,15-20,24H,4,7-14H2,1-3H3. The van der Waals surface area contributed by atoms with Crippen molar-refractivity contribution in [3.63, 3.8) is 0 Å². The lowest BCUT2D eigenvalue weighted by atomic mass is 9.90. The minimum Gasteiger partial charge on any atom is -0.493 e. The summed E-state index contributed by atoms with van der Waals surface area (Å²) in [5, 5.41) is 0.561. The van der Waals surface area contributed by atoms with Crippen LogP contribution in [-0.4, -0.2) is 53.1 Å². The molecule has 0 radical (unpaired) electrons. The largest absolute Gasteiger partial charge is 0.493 e. The van der Waals surface area contributed by atoms with Crippen molar-refractivity contribution in [1.29, 1.82) is 0 Å². The number of hydrogen-bond acceptors (Lipinski definition) is 5. The van der Waals surface area contributed by atoms with Gasteiger partial charge in [0.1, 0.15) is 11.6 Å². The van der Waals surface area contributed by atoms with Gasteiger partial charge in [-0.15, -0.1) is 0 Å². The zero-order chi connectivity index (χ0) is 24.9. The Labute approximate surface area is 212 Å². The van der Waals surface area contributed by atoms with E-state index in [-0.39, 0.29) is 24.2 Å². The Balaban J connectivity index is 1.18. The van der Waals surface area contributed by atoms with Crippen LogP contribution in [0.4, 0.5) is 10.3 Å². The molecule has 1 saturated carbocycles. The van der Waals surface area contributed by atoms with Gasteiger partial charge in [-0.2, -0.15) is 0 Å². The molecule has 2 aromatic rings. The van der Waals surface area contributed by atoms with E-state index in [2.05, 4.69) is 14.9 Å². The molecule has 1 aromatic heterocycles. The molecule has 35 heavy (non-hydrogen) atoms. The Hall–Kier alpha value is -2.41. The lowest BCUT2D eigenvalue weighted by Gasteiger charge is -2.32. The van der Waals surface area contributed by atoms with Crippen molar-refractivity contribution in [2.45, 2.75) is 58.9 Å². The quantitative estimate of drug-likeness (QED) is 0.436. The molecule has 6 nitrogen and oxygen atoms in total. The maximum atomic E-state index is 14.6. The summed E-state index contributed by atoms with van der Waals surface area (Å²) in [6.45, 7) is 9.05. The van der Waals surface area contributed by atoms with Crippen LogP contribution in [0, 0.1) is 23.6 Å². The van der Waals surface area contributed by atoms with Gasteiger partial charge >= 0.3 is 0 Å². The fourth-order valence-electron chi connectivity index (χ4n) is 5.36. The maximum Gasteiger partial charge on any atom is 0.227 e. The van der Waals surface area contributed by atoms with Crippen molar-refractivity contribution < 1.29 is 13.9 Å². The zero-order valence-corrected chi connectivity index (χ0v) is 21.7. The number of rotatable bonds is 10. The average molecular weight is 503 g/mol. The second-order valence-electron chi connectivity index (χ2n) is 10.0. The topological polar surface area (TPSA) is 58.6 Å². The van der Waals surface area contributed by atoms with Crippen LogP contribution in [0.2, 0.25) is 5.02 Å². The van der Waals surface area contributed by atoms with Crippen LogP contribution in [0.1, 0.15) is 52.0 Å². The van der Waals surface area contributed by atoms with Crippen molar-refractivity contribution >= 4 is 23.5 Å². The molecule has 4 rings (SSSR count). The van der Waals surface area contributed by atoms with E-state index in [0.29, 0.717) is 35.4 Å². The third-order valence-corrected chi connectivity index (χ3v) is 7.62. The number of benzene rings is 1. The number of ether oxygens (including phenoxy) is 1. The first-order valence-corrected chi connectivity index (χ1v) is 13.2. The molecule has 2 aliphatic rings. The minimum absolute atomic E-state index is 0.0543. The Kier molecular flexibility index (Phi) is 8.47. The van der Waals surface area contributed by atoms with Crippen LogP contribution in [0.15, 0.2) is 30.6 Å². The summed E-state index contributed by atoms with van der Waals surface area (Å²) in [6.07, 6.45) is 7.94. The van der Waals surface area contributed by atoms with E-state index in [1.807, 2.05) is 20.8 Å². The van der Waals surface area contributed by atoms with Gasteiger partial charge in [0, 0.05) is 31.7 Å². The molecule has 1 saturated heterocycles. The SMILES string of the molecule is CCN(C(=O)Cc1ccc(OCCC2CC2C2CCN(c3ncc(Cl)cn3)CC2)cc1F)C(C)C. The molecule has 0 bridgehead atoms. The molecular formula is C27H36ClFN4O2. The van der Waals surface area contributed by atoms with Crippen molar-refractivity contribution in [3.05, 3.63) is 47.0 Å². The molecule has 2 unspecified atom stereocenters. The Morgan fingerprint density at radius 1 is 1.26 bits per heavy atom. The van der Waals surface area contributed by atoms with E-state index in [4.69, 9.17) is 16.3 Å². The second-order valence-corrected chi connectivity index (χ2v) is 10.5. The van der Waals surface area contributed by atoms with E-state index < -0.39 is 0 Å².